The first-order valence-electron chi connectivity index (χ1n) is 11.0. The van der Waals surface area contributed by atoms with Gasteiger partial charge in [0.25, 0.3) is 5.91 Å². The van der Waals surface area contributed by atoms with Crippen molar-refractivity contribution in [1.82, 2.24) is 15.4 Å². The van der Waals surface area contributed by atoms with E-state index in [1.54, 1.807) is 0 Å². The normalized spacial score (nSPS) is 22.5. The van der Waals surface area contributed by atoms with E-state index in [-0.39, 0.29) is 23.0 Å². The number of nitrogens with one attached hydrogen (secondary N) is 1. The highest BCUT2D eigenvalue weighted by molar-refractivity contribution is 5.93. The summed E-state index contributed by atoms with van der Waals surface area (Å²) in [7, 11) is 1.35. The maximum absolute atomic E-state index is 13.5. The van der Waals surface area contributed by atoms with Crippen LogP contribution in [0.5, 0.6) is 0 Å². The van der Waals surface area contributed by atoms with E-state index in [2.05, 4.69) is 15.4 Å². The zero-order valence-corrected chi connectivity index (χ0v) is 18.0. The molecule has 2 heterocycles. The Bertz CT molecular complexity index is 974. The molecule has 1 aromatic carbocycles. The lowest BCUT2D eigenvalue weighted by Crippen LogP contribution is -2.56. The molecule has 1 aliphatic carbocycles. The summed E-state index contributed by atoms with van der Waals surface area (Å²) in [6.45, 7) is 1.34. The fourth-order valence-electron chi connectivity index (χ4n) is 4.73. The predicted octanol–water partition coefficient (Wildman–Crippen LogP) is 3.55. The number of aromatic nitrogens is 1. The molecule has 0 bridgehead atoms. The van der Waals surface area contributed by atoms with Crippen LogP contribution in [0, 0.1) is 17.6 Å². The maximum atomic E-state index is 13.5. The third-order valence-electron chi connectivity index (χ3n) is 6.50. The van der Waals surface area contributed by atoms with Crippen LogP contribution in [0.25, 0.3) is 11.3 Å². The Morgan fingerprint density at radius 3 is 2.62 bits per heavy atom. The highest BCUT2D eigenvalue weighted by atomic mass is 19.2. The number of ether oxygens (including phenoxy) is 1. The van der Waals surface area contributed by atoms with Crippen molar-refractivity contribution in [3.05, 3.63) is 41.6 Å². The molecular formula is C23H27F2N3O4. The third kappa shape index (κ3) is 4.82. The number of esters is 1. The van der Waals surface area contributed by atoms with Crippen molar-refractivity contribution in [1.29, 1.82) is 0 Å². The van der Waals surface area contributed by atoms with Gasteiger partial charge in [0.1, 0.15) is 0 Å². The number of amides is 1. The molecule has 1 saturated heterocycles. The van der Waals surface area contributed by atoms with Crippen LogP contribution in [0.4, 0.5) is 8.78 Å². The minimum atomic E-state index is -1.02. The zero-order chi connectivity index (χ0) is 22.7. The fourth-order valence-corrected chi connectivity index (χ4v) is 4.73. The lowest BCUT2D eigenvalue weighted by molar-refractivity contribution is -0.148. The van der Waals surface area contributed by atoms with Crippen LogP contribution >= 0.6 is 0 Å². The quantitative estimate of drug-likeness (QED) is 0.706. The molecule has 1 aliphatic heterocycles. The summed E-state index contributed by atoms with van der Waals surface area (Å²) in [4.78, 5) is 27.6. The number of hydrogen-bond acceptors (Lipinski definition) is 6. The lowest BCUT2D eigenvalue weighted by atomic mass is 9.87. The Labute approximate surface area is 185 Å². The summed E-state index contributed by atoms with van der Waals surface area (Å²) in [6, 6.07) is 4.75. The molecular weight excluding hydrogens is 420 g/mol. The number of carbonyl (C=O) groups excluding carboxylic acids is 2. The average molecular weight is 447 g/mol. The molecule has 0 spiro atoms. The van der Waals surface area contributed by atoms with E-state index in [1.165, 1.54) is 38.5 Å². The van der Waals surface area contributed by atoms with E-state index in [0.717, 1.165) is 31.5 Å². The standard InChI is InChI=1S/C23H27F2N3O4/c1-31-23(30)16-13-28(15-5-3-2-4-6-15)10-9-19(16)26-22(29)20-12-21(32-27-20)14-7-8-17(24)18(25)11-14/h7-8,11-12,15-16,19H,2-6,9-10,13H2,1H3,(H,26,29). The second-order valence-corrected chi connectivity index (χ2v) is 8.49. The number of hydrogen-bond donors (Lipinski definition) is 1. The molecule has 7 nitrogen and oxygen atoms in total. The lowest BCUT2D eigenvalue weighted by Gasteiger charge is -2.42. The van der Waals surface area contributed by atoms with E-state index >= 15 is 0 Å². The molecule has 1 N–H and O–H groups in total. The Morgan fingerprint density at radius 1 is 1.12 bits per heavy atom. The molecule has 2 unspecified atom stereocenters. The number of methoxy groups -OCH3 is 1. The zero-order valence-electron chi connectivity index (χ0n) is 18.0. The number of piperidine rings is 1. The largest absolute Gasteiger partial charge is 0.469 e. The molecule has 4 rings (SSSR count). The van der Waals surface area contributed by atoms with Crippen LogP contribution in [0.2, 0.25) is 0 Å². The summed E-state index contributed by atoms with van der Waals surface area (Å²) in [5.74, 6) is -3.16. The minimum Gasteiger partial charge on any atom is -0.469 e. The molecule has 1 amide bonds. The number of carbonyl (C=O) groups is 2. The third-order valence-corrected chi connectivity index (χ3v) is 6.50. The van der Waals surface area contributed by atoms with E-state index in [1.807, 2.05) is 0 Å². The number of benzene rings is 1. The topological polar surface area (TPSA) is 84.7 Å². The van der Waals surface area contributed by atoms with Crippen molar-refractivity contribution in [3.63, 3.8) is 0 Å². The number of likely N-dealkylation sites (tertiary alicyclic amines) is 1. The van der Waals surface area contributed by atoms with Crippen molar-refractivity contribution in [3.8, 4) is 11.3 Å². The smallest absolute Gasteiger partial charge is 0.312 e. The van der Waals surface area contributed by atoms with Gasteiger partial charge in [-0.1, -0.05) is 24.4 Å². The van der Waals surface area contributed by atoms with Gasteiger partial charge >= 0.3 is 5.97 Å². The monoisotopic (exact) mass is 447 g/mol. The summed E-state index contributed by atoms with van der Waals surface area (Å²) in [5, 5.41) is 6.64. The molecule has 9 heteroatoms. The van der Waals surface area contributed by atoms with E-state index in [4.69, 9.17) is 9.26 Å². The van der Waals surface area contributed by atoms with Crippen molar-refractivity contribution in [2.45, 2.75) is 50.6 Å². The maximum Gasteiger partial charge on any atom is 0.312 e. The Hall–Kier alpha value is -2.81. The van der Waals surface area contributed by atoms with E-state index in [0.29, 0.717) is 19.0 Å². The fraction of sp³-hybridized carbons (Fsp3) is 0.522. The summed E-state index contributed by atoms with van der Waals surface area (Å²) < 4.78 is 36.8. The first-order valence-corrected chi connectivity index (χ1v) is 11.0. The number of nitrogens with zero attached hydrogens (tertiary/aromatic N) is 2. The highest BCUT2D eigenvalue weighted by Gasteiger charge is 2.38. The van der Waals surface area contributed by atoms with Gasteiger partial charge in [-0.3, -0.25) is 14.5 Å². The van der Waals surface area contributed by atoms with Crippen LogP contribution in [0.15, 0.2) is 28.8 Å². The van der Waals surface area contributed by atoms with Gasteiger partial charge in [0.15, 0.2) is 23.1 Å². The van der Waals surface area contributed by atoms with E-state index in [9.17, 15) is 18.4 Å². The van der Waals surface area contributed by atoms with Crippen LogP contribution in [-0.4, -0.2) is 54.2 Å². The first kappa shape index (κ1) is 22.4. The van der Waals surface area contributed by atoms with Crippen molar-refractivity contribution >= 4 is 11.9 Å². The molecule has 32 heavy (non-hydrogen) atoms. The molecule has 2 atom stereocenters. The summed E-state index contributed by atoms with van der Waals surface area (Å²) in [5.41, 5.74) is 0.270. The van der Waals surface area contributed by atoms with Crippen LogP contribution < -0.4 is 5.32 Å². The second-order valence-electron chi connectivity index (χ2n) is 8.49. The molecule has 2 aliphatic rings. The Kier molecular flexibility index (Phi) is 6.83. The molecule has 1 aromatic heterocycles. The van der Waals surface area contributed by atoms with Crippen molar-refractivity contribution in [2.24, 2.45) is 5.92 Å². The molecule has 2 fully saturated rings. The van der Waals surface area contributed by atoms with Crippen molar-refractivity contribution in [2.75, 3.05) is 20.2 Å². The summed E-state index contributed by atoms with van der Waals surface area (Å²) in [6.07, 6.45) is 6.56. The average Bonchev–Trinajstić information content (AvgIpc) is 3.32. The summed E-state index contributed by atoms with van der Waals surface area (Å²) >= 11 is 0. The first-order chi connectivity index (χ1) is 15.5. The molecule has 1 saturated carbocycles. The molecule has 172 valence electrons. The van der Waals surface area contributed by atoms with Crippen molar-refractivity contribution < 1.29 is 27.6 Å². The number of halogens is 2. The second kappa shape index (κ2) is 9.77. The number of rotatable bonds is 5. The van der Waals surface area contributed by atoms with Gasteiger partial charge in [-0.05, 0) is 37.5 Å². The Morgan fingerprint density at radius 2 is 1.91 bits per heavy atom. The van der Waals surface area contributed by atoms with Crippen LogP contribution in [-0.2, 0) is 9.53 Å². The minimum absolute atomic E-state index is 0.00283. The SMILES string of the molecule is COC(=O)C1CN(C2CCCCC2)CCC1NC(=O)c1cc(-c2ccc(F)c(F)c2)on1. The van der Waals surface area contributed by atoms with Gasteiger partial charge in [0.2, 0.25) is 0 Å². The predicted molar refractivity (Wildman–Crippen MR) is 112 cm³/mol. The van der Waals surface area contributed by atoms with Gasteiger partial charge in [0, 0.05) is 36.8 Å². The van der Waals surface area contributed by atoms with Crippen LogP contribution in [0.3, 0.4) is 0 Å². The van der Waals surface area contributed by atoms with Gasteiger partial charge in [-0.25, -0.2) is 8.78 Å². The van der Waals surface area contributed by atoms with Gasteiger partial charge < -0.3 is 14.6 Å². The molecule has 0 radical (unpaired) electrons. The van der Waals surface area contributed by atoms with Gasteiger partial charge in [-0.2, -0.15) is 0 Å². The Balaban J connectivity index is 1.44. The highest BCUT2D eigenvalue weighted by Crippen LogP contribution is 2.28. The van der Waals surface area contributed by atoms with Gasteiger partial charge in [-0.15, -0.1) is 0 Å². The van der Waals surface area contributed by atoms with E-state index < -0.39 is 29.5 Å². The molecule has 2 aromatic rings. The van der Waals surface area contributed by atoms with Crippen LogP contribution in [0.1, 0.15) is 49.0 Å². The van der Waals surface area contributed by atoms with Gasteiger partial charge in [0.05, 0.1) is 13.0 Å².